The van der Waals surface area contributed by atoms with Crippen LogP contribution in [0.1, 0.15) is 27.7 Å². The lowest BCUT2D eigenvalue weighted by Crippen LogP contribution is -2.72. The predicted molar refractivity (Wildman–Crippen MR) is 81.5 cm³/mol. The van der Waals surface area contributed by atoms with Crippen LogP contribution in [0.5, 0.6) is 0 Å². The Kier molecular flexibility index (Phi) is 5.29. The number of nitrogens with one attached hydrogen (secondary N) is 1. The van der Waals surface area contributed by atoms with Gasteiger partial charge in [-0.2, -0.15) is 0 Å². The van der Waals surface area contributed by atoms with Crippen molar-refractivity contribution in [3.63, 3.8) is 0 Å². The molecule has 0 spiro atoms. The van der Waals surface area contributed by atoms with E-state index in [1.54, 1.807) is 0 Å². The molecule has 1 N–H and O–H groups in total. The SMILES string of the molecule is C=CCNC(=NC)N1CC(C)(C)C1(C)C.I. The summed E-state index contributed by atoms with van der Waals surface area (Å²) in [7, 11) is 1.83. The highest BCUT2D eigenvalue weighted by atomic mass is 127. The minimum Gasteiger partial charge on any atom is -0.353 e. The molecule has 3 nitrogen and oxygen atoms in total. The van der Waals surface area contributed by atoms with E-state index in [1.165, 1.54) is 0 Å². The van der Waals surface area contributed by atoms with Gasteiger partial charge >= 0.3 is 0 Å². The number of rotatable bonds is 2. The molecular formula is C12H24IN3. The van der Waals surface area contributed by atoms with Crippen molar-refractivity contribution < 1.29 is 0 Å². The molecule has 0 aromatic carbocycles. The molecule has 1 fully saturated rings. The Morgan fingerprint density at radius 2 is 2.00 bits per heavy atom. The average molecular weight is 337 g/mol. The molecule has 0 unspecified atom stereocenters. The van der Waals surface area contributed by atoms with Crippen molar-refractivity contribution in [1.82, 2.24) is 10.2 Å². The summed E-state index contributed by atoms with van der Waals surface area (Å²) in [5.41, 5.74) is 0.509. The molecule has 1 heterocycles. The lowest BCUT2D eigenvalue weighted by atomic mass is 9.65. The van der Waals surface area contributed by atoms with Crippen LogP contribution < -0.4 is 5.32 Å². The van der Waals surface area contributed by atoms with Crippen LogP contribution in [0, 0.1) is 5.41 Å². The van der Waals surface area contributed by atoms with Crippen molar-refractivity contribution in [2.75, 3.05) is 20.1 Å². The van der Waals surface area contributed by atoms with Crippen molar-refractivity contribution in [3.8, 4) is 0 Å². The van der Waals surface area contributed by atoms with Crippen molar-refractivity contribution in [2.45, 2.75) is 33.2 Å². The molecule has 1 rings (SSSR count). The van der Waals surface area contributed by atoms with Crippen LogP contribution in [0.15, 0.2) is 17.6 Å². The first-order valence-electron chi connectivity index (χ1n) is 5.46. The number of halogens is 1. The highest BCUT2D eigenvalue weighted by molar-refractivity contribution is 14.0. The third-order valence-corrected chi connectivity index (χ3v) is 3.76. The fraction of sp³-hybridized carbons (Fsp3) is 0.750. The summed E-state index contributed by atoms with van der Waals surface area (Å²) < 4.78 is 0. The van der Waals surface area contributed by atoms with Crippen LogP contribution in [-0.2, 0) is 0 Å². The molecule has 0 bridgehead atoms. The van der Waals surface area contributed by atoms with Gasteiger partial charge in [0.2, 0.25) is 0 Å². The van der Waals surface area contributed by atoms with Gasteiger partial charge in [-0.05, 0) is 13.8 Å². The minimum absolute atomic E-state index is 0. The maximum atomic E-state index is 4.29. The summed E-state index contributed by atoms with van der Waals surface area (Å²) in [6, 6.07) is 0. The van der Waals surface area contributed by atoms with Gasteiger partial charge in [-0.25, -0.2) is 0 Å². The van der Waals surface area contributed by atoms with E-state index in [9.17, 15) is 0 Å². The molecule has 1 aliphatic rings. The first-order valence-corrected chi connectivity index (χ1v) is 5.46. The molecule has 94 valence electrons. The van der Waals surface area contributed by atoms with Gasteiger partial charge in [-0.1, -0.05) is 19.9 Å². The molecule has 0 aromatic rings. The summed E-state index contributed by atoms with van der Waals surface area (Å²) in [4.78, 5) is 6.61. The second-order valence-corrected chi connectivity index (χ2v) is 5.25. The normalized spacial score (nSPS) is 21.8. The highest BCUT2D eigenvalue weighted by Gasteiger charge is 2.53. The topological polar surface area (TPSA) is 27.6 Å². The Labute approximate surface area is 116 Å². The second kappa shape index (κ2) is 5.38. The van der Waals surface area contributed by atoms with Crippen molar-refractivity contribution in [2.24, 2.45) is 10.4 Å². The van der Waals surface area contributed by atoms with Gasteiger partial charge in [0.05, 0.1) is 0 Å². The number of hydrogen-bond acceptors (Lipinski definition) is 1. The zero-order chi connectivity index (χ0) is 11.7. The van der Waals surface area contributed by atoms with Gasteiger partial charge in [0.1, 0.15) is 0 Å². The quantitative estimate of drug-likeness (QED) is 0.363. The molecule has 0 saturated carbocycles. The van der Waals surface area contributed by atoms with Crippen molar-refractivity contribution in [1.29, 1.82) is 0 Å². The first-order chi connectivity index (χ1) is 6.86. The zero-order valence-electron chi connectivity index (χ0n) is 11.0. The van der Waals surface area contributed by atoms with E-state index < -0.39 is 0 Å². The van der Waals surface area contributed by atoms with Crippen LogP contribution >= 0.6 is 24.0 Å². The van der Waals surface area contributed by atoms with E-state index in [0.29, 0.717) is 5.41 Å². The summed E-state index contributed by atoms with van der Waals surface area (Å²) in [6.07, 6.45) is 1.85. The molecule has 0 amide bonds. The molecule has 4 heteroatoms. The molecule has 16 heavy (non-hydrogen) atoms. The molecule has 0 radical (unpaired) electrons. The first kappa shape index (κ1) is 15.7. The molecule has 1 aliphatic heterocycles. The predicted octanol–water partition coefficient (Wildman–Crippen LogP) is 2.49. The Morgan fingerprint density at radius 3 is 2.31 bits per heavy atom. The Hall–Kier alpha value is -0.260. The molecule has 1 saturated heterocycles. The standard InChI is InChI=1S/C12H23N3.HI/c1-7-8-14-10(13-6)15-9-11(2,3)12(15,4)5;/h7H,1,8-9H2,2-6H3,(H,13,14);1H. The van der Waals surface area contributed by atoms with Gasteiger partial charge in [0, 0.05) is 31.1 Å². The number of nitrogens with zero attached hydrogens (tertiary/aromatic N) is 2. The van der Waals surface area contributed by atoms with Gasteiger partial charge in [0.15, 0.2) is 5.96 Å². The Bertz CT molecular complexity index is 282. The summed E-state index contributed by atoms with van der Waals surface area (Å²) >= 11 is 0. The number of hydrogen-bond donors (Lipinski definition) is 1. The van der Waals surface area contributed by atoms with Gasteiger partial charge in [-0.3, -0.25) is 4.99 Å². The lowest BCUT2D eigenvalue weighted by Gasteiger charge is -2.62. The molecular weight excluding hydrogens is 313 g/mol. The van der Waals surface area contributed by atoms with Crippen LogP contribution in [0.3, 0.4) is 0 Å². The van der Waals surface area contributed by atoms with Gasteiger partial charge < -0.3 is 10.2 Å². The fourth-order valence-electron chi connectivity index (χ4n) is 1.86. The van der Waals surface area contributed by atoms with E-state index >= 15 is 0 Å². The monoisotopic (exact) mass is 337 g/mol. The smallest absolute Gasteiger partial charge is 0.194 e. The van der Waals surface area contributed by atoms with E-state index in [4.69, 9.17) is 0 Å². The van der Waals surface area contributed by atoms with E-state index in [-0.39, 0.29) is 29.5 Å². The number of guanidine groups is 1. The minimum atomic E-state index is 0. The van der Waals surface area contributed by atoms with E-state index in [0.717, 1.165) is 19.0 Å². The van der Waals surface area contributed by atoms with E-state index in [2.05, 4.69) is 49.5 Å². The van der Waals surface area contributed by atoms with Crippen molar-refractivity contribution in [3.05, 3.63) is 12.7 Å². The van der Waals surface area contributed by atoms with Gasteiger partial charge in [-0.15, -0.1) is 30.6 Å². The Morgan fingerprint density at radius 1 is 1.44 bits per heavy atom. The Balaban J connectivity index is 0.00000225. The molecule has 0 aliphatic carbocycles. The zero-order valence-corrected chi connectivity index (χ0v) is 13.3. The number of likely N-dealkylation sites (tertiary alicyclic amines) is 1. The lowest BCUT2D eigenvalue weighted by molar-refractivity contribution is -0.0665. The number of aliphatic imine (C=N–C) groups is 1. The van der Waals surface area contributed by atoms with Crippen molar-refractivity contribution >= 4 is 29.9 Å². The third-order valence-electron chi connectivity index (χ3n) is 3.76. The van der Waals surface area contributed by atoms with Gasteiger partial charge in [0.25, 0.3) is 0 Å². The summed E-state index contributed by atoms with van der Waals surface area (Å²) in [5.74, 6) is 0.972. The van der Waals surface area contributed by atoms with Crippen LogP contribution in [0.2, 0.25) is 0 Å². The maximum Gasteiger partial charge on any atom is 0.194 e. The third kappa shape index (κ3) is 2.52. The summed E-state index contributed by atoms with van der Waals surface area (Å²) in [5, 5.41) is 3.27. The molecule has 0 atom stereocenters. The highest BCUT2D eigenvalue weighted by Crippen LogP contribution is 2.46. The molecule has 0 aromatic heterocycles. The van der Waals surface area contributed by atoms with Crippen LogP contribution in [-0.4, -0.2) is 36.5 Å². The maximum absolute atomic E-state index is 4.29. The fourth-order valence-corrected chi connectivity index (χ4v) is 1.86. The summed E-state index contributed by atoms with van der Waals surface area (Å²) in [6.45, 7) is 14.6. The van der Waals surface area contributed by atoms with Crippen LogP contribution in [0.4, 0.5) is 0 Å². The average Bonchev–Trinajstić information content (AvgIpc) is 2.17. The van der Waals surface area contributed by atoms with E-state index in [1.807, 2.05) is 13.1 Å². The van der Waals surface area contributed by atoms with Crippen LogP contribution in [0.25, 0.3) is 0 Å². The largest absolute Gasteiger partial charge is 0.353 e. The second-order valence-electron chi connectivity index (χ2n) is 5.25.